The van der Waals surface area contributed by atoms with Gasteiger partial charge in [0.05, 0.1) is 17.7 Å². The molecule has 33 heavy (non-hydrogen) atoms. The van der Waals surface area contributed by atoms with Crippen molar-refractivity contribution in [2.24, 2.45) is 0 Å². The van der Waals surface area contributed by atoms with Crippen molar-refractivity contribution in [2.45, 2.75) is 71.6 Å². The first-order valence-electron chi connectivity index (χ1n) is 12.3. The van der Waals surface area contributed by atoms with Crippen LogP contribution in [0.2, 0.25) is 0 Å². The van der Waals surface area contributed by atoms with Crippen molar-refractivity contribution >= 4 is 22.5 Å². The van der Waals surface area contributed by atoms with Crippen LogP contribution in [0.15, 0.2) is 24.3 Å². The van der Waals surface area contributed by atoms with Crippen LogP contribution in [-0.2, 0) is 16.0 Å². The van der Waals surface area contributed by atoms with Crippen LogP contribution in [0.3, 0.4) is 0 Å². The van der Waals surface area contributed by atoms with E-state index < -0.39 is 0 Å². The van der Waals surface area contributed by atoms with Crippen molar-refractivity contribution < 1.29 is 9.53 Å². The zero-order valence-electron chi connectivity index (χ0n) is 20.3. The fraction of sp³-hybridized carbons (Fsp3) is 0.577. The van der Waals surface area contributed by atoms with Gasteiger partial charge in [0.25, 0.3) is 0 Å². The number of aromatic nitrogens is 3. The molecule has 2 aromatic heterocycles. The number of aryl methyl sites for hydroxylation is 2. The predicted molar refractivity (Wildman–Crippen MR) is 129 cm³/mol. The molecule has 2 saturated heterocycles. The van der Waals surface area contributed by atoms with E-state index in [4.69, 9.17) is 14.8 Å². The van der Waals surface area contributed by atoms with E-state index in [0.29, 0.717) is 18.9 Å². The smallest absolute Gasteiger partial charge is 0.223 e. The molecule has 2 aliphatic rings. The second-order valence-electron chi connectivity index (χ2n) is 9.87. The number of likely N-dealkylation sites (tertiary alicyclic amines) is 1. The summed E-state index contributed by atoms with van der Waals surface area (Å²) in [5.41, 5.74) is 5.05. The zero-order chi connectivity index (χ0) is 23.1. The van der Waals surface area contributed by atoms with E-state index in [0.717, 1.165) is 72.5 Å². The Morgan fingerprint density at radius 2 is 1.91 bits per heavy atom. The minimum Gasteiger partial charge on any atom is -0.373 e. The zero-order valence-corrected chi connectivity index (χ0v) is 20.3. The lowest BCUT2D eigenvalue weighted by Gasteiger charge is -2.38. The van der Waals surface area contributed by atoms with Gasteiger partial charge in [-0.1, -0.05) is 12.1 Å². The Kier molecular flexibility index (Phi) is 6.10. The first-order chi connectivity index (χ1) is 15.9. The third-order valence-electron chi connectivity index (χ3n) is 7.27. The van der Waals surface area contributed by atoms with Gasteiger partial charge in [0.15, 0.2) is 5.65 Å². The summed E-state index contributed by atoms with van der Waals surface area (Å²) in [7, 11) is 0. The molecule has 0 saturated carbocycles. The summed E-state index contributed by atoms with van der Waals surface area (Å²) in [4.78, 5) is 22.7. The number of hydrogen-bond donors (Lipinski definition) is 0. The fourth-order valence-corrected chi connectivity index (χ4v) is 5.80. The van der Waals surface area contributed by atoms with Gasteiger partial charge >= 0.3 is 0 Å². The summed E-state index contributed by atoms with van der Waals surface area (Å²) in [6.07, 6.45) is 3.92. The first-order valence-corrected chi connectivity index (χ1v) is 12.3. The van der Waals surface area contributed by atoms with Gasteiger partial charge in [-0.15, -0.1) is 0 Å². The minimum atomic E-state index is 0.256. The van der Waals surface area contributed by atoms with Gasteiger partial charge in [-0.2, -0.15) is 5.10 Å². The van der Waals surface area contributed by atoms with Crippen molar-refractivity contribution in [1.29, 1.82) is 0 Å². The summed E-state index contributed by atoms with van der Waals surface area (Å²) in [6, 6.07) is 8.42. The van der Waals surface area contributed by atoms with E-state index in [9.17, 15) is 4.79 Å². The van der Waals surface area contributed by atoms with Crippen LogP contribution in [0.4, 0.5) is 0 Å². The molecule has 4 heterocycles. The van der Waals surface area contributed by atoms with E-state index in [-0.39, 0.29) is 18.1 Å². The molecule has 0 aliphatic carbocycles. The molecule has 3 atom stereocenters. The SMILES string of the molecule is Cc1nc2c3ccccc3nn2c(C)c1CCC(=O)N1CCCC1CN1CC(C)OC(C)C1. The average Bonchev–Trinajstić information content (AvgIpc) is 3.37. The van der Waals surface area contributed by atoms with E-state index in [1.165, 1.54) is 0 Å². The highest BCUT2D eigenvalue weighted by molar-refractivity contribution is 5.92. The van der Waals surface area contributed by atoms with E-state index in [2.05, 4.69) is 36.6 Å². The number of ether oxygens (including phenoxy) is 1. The third kappa shape index (κ3) is 4.36. The summed E-state index contributed by atoms with van der Waals surface area (Å²) >= 11 is 0. The van der Waals surface area contributed by atoms with Crippen LogP contribution in [0, 0.1) is 13.8 Å². The lowest BCUT2D eigenvalue weighted by Crippen LogP contribution is -2.51. The van der Waals surface area contributed by atoms with Gasteiger partial charge in [0, 0.05) is 55.4 Å². The Bertz CT molecular complexity index is 1160. The predicted octanol–water partition coefficient (Wildman–Crippen LogP) is 3.53. The van der Waals surface area contributed by atoms with Crippen LogP contribution in [0.5, 0.6) is 0 Å². The summed E-state index contributed by atoms with van der Waals surface area (Å²) < 4.78 is 7.82. The Morgan fingerprint density at radius 3 is 2.70 bits per heavy atom. The molecular formula is C26H35N5O2. The number of hydrogen-bond acceptors (Lipinski definition) is 5. The van der Waals surface area contributed by atoms with Crippen LogP contribution in [0.25, 0.3) is 16.6 Å². The third-order valence-corrected chi connectivity index (χ3v) is 7.27. The maximum atomic E-state index is 13.3. The van der Waals surface area contributed by atoms with Crippen LogP contribution in [-0.4, -0.2) is 74.7 Å². The first kappa shape index (κ1) is 22.3. The van der Waals surface area contributed by atoms with Gasteiger partial charge in [-0.05, 0) is 64.7 Å². The van der Waals surface area contributed by atoms with Crippen LogP contribution >= 0.6 is 0 Å². The Balaban J connectivity index is 1.29. The van der Waals surface area contributed by atoms with Crippen molar-refractivity contribution in [1.82, 2.24) is 24.4 Å². The van der Waals surface area contributed by atoms with Gasteiger partial charge in [0.1, 0.15) is 0 Å². The number of benzene rings is 1. The quantitative estimate of drug-likeness (QED) is 0.596. The second-order valence-corrected chi connectivity index (χ2v) is 9.87. The highest BCUT2D eigenvalue weighted by Gasteiger charge is 2.32. The molecule has 5 rings (SSSR count). The molecule has 2 fully saturated rings. The molecule has 2 aliphatic heterocycles. The van der Waals surface area contributed by atoms with Gasteiger partial charge < -0.3 is 9.64 Å². The molecule has 3 aromatic rings. The van der Waals surface area contributed by atoms with Gasteiger partial charge in [-0.3, -0.25) is 9.69 Å². The van der Waals surface area contributed by atoms with Crippen molar-refractivity contribution in [3.8, 4) is 0 Å². The van der Waals surface area contributed by atoms with E-state index in [1.54, 1.807) is 0 Å². The molecule has 7 nitrogen and oxygen atoms in total. The molecule has 7 heteroatoms. The van der Waals surface area contributed by atoms with Crippen molar-refractivity contribution in [2.75, 3.05) is 26.2 Å². The second kappa shape index (κ2) is 9.03. The van der Waals surface area contributed by atoms with Gasteiger partial charge in [0.2, 0.25) is 5.91 Å². The van der Waals surface area contributed by atoms with Crippen molar-refractivity contribution in [3.05, 3.63) is 41.2 Å². The van der Waals surface area contributed by atoms with Crippen LogP contribution in [0.1, 0.15) is 50.1 Å². The Morgan fingerprint density at radius 1 is 1.15 bits per heavy atom. The number of morpholine rings is 1. The van der Waals surface area contributed by atoms with E-state index >= 15 is 0 Å². The minimum absolute atomic E-state index is 0.256. The monoisotopic (exact) mass is 449 g/mol. The number of nitrogens with zero attached hydrogens (tertiary/aromatic N) is 5. The molecule has 1 amide bonds. The summed E-state index contributed by atoms with van der Waals surface area (Å²) in [5.74, 6) is 0.261. The summed E-state index contributed by atoms with van der Waals surface area (Å²) in [6.45, 7) is 12.1. The number of fused-ring (bicyclic) bond motifs is 3. The Labute approximate surface area is 195 Å². The normalized spacial score (nSPS) is 24.2. The standard InChI is InChI=1S/C26H35N5O2/c1-17-14-29(15-18(2)33-17)16-21-8-7-13-30(21)25(32)12-11-22-19(3)27-26-23-9-5-6-10-24(23)28-31(26)20(22)4/h5-6,9-10,17-18,21H,7-8,11-16H2,1-4H3. The topological polar surface area (TPSA) is 63.0 Å². The molecule has 1 aromatic carbocycles. The lowest BCUT2D eigenvalue weighted by atomic mass is 10.1. The number of carbonyl (C=O) groups is 1. The Hall–Kier alpha value is -2.51. The maximum absolute atomic E-state index is 13.3. The van der Waals surface area contributed by atoms with Gasteiger partial charge in [-0.25, -0.2) is 9.50 Å². The highest BCUT2D eigenvalue weighted by Crippen LogP contribution is 2.25. The molecule has 0 spiro atoms. The van der Waals surface area contributed by atoms with Crippen LogP contribution < -0.4 is 0 Å². The highest BCUT2D eigenvalue weighted by atomic mass is 16.5. The number of rotatable bonds is 5. The van der Waals surface area contributed by atoms with Crippen molar-refractivity contribution in [3.63, 3.8) is 0 Å². The van der Waals surface area contributed by atoms with E-state index in [1.807, 2.05) is 29.6 Å². The summed E-state index contributed by atoms with van der Waals surface area (Å²) in [5, 5.41) is 5.82. The molecule has 176 valence electrons. The number of carbonyl (C=O) groups excluding carboxylic acids is 1. The lowest BCUT2D eigenvalue weighted by molar-refractivity contribution is -0.133. The molecular weight excluding hydrogens is 414 g/mol. The number of amides is 1. The molecule has 0 radical (unpaired) electrons. The fourth-order valence-electron chi connectivity index (χ4n) is 5.80. The molecule has 0 bridgehead atoms. The maximum Gasteiger partial charge on any atom is 0.223 e. The molecule has 0 N–H and O–H groups in total. The average molecular weight is 450 g/mol. The largest absolute Gasteiger partial charge is 0.373 e. The molecule has 3 unspecified atom stereocenters.